The van der Waals surface area contributed by atoms with Crippen molar-refractivity contribution in [2.75, 3.05) is 13.2 Å². The zero-order valence-corrected chi connectivity index (χ0v) is 11.6. The van der Waals surface area contributed by atoms with Crippen LogP contribution in [0.4, 0.5) is 0 Å². The minimum Gasteiger partial charge on any atom is -0.478 e. The van der Waals surface area contributed by atoms with Gasteiger partial charge in [-0.25, -0.2) is 4.99 Å². The van der Waals surface area contributed by atoms with Crippen LogP contribution in [0.2, 0.25) is 0 Å². The van der Waals surface area contributed by atoms with E-state index in [1.807, 2.05) is 60.7 Å². The van der Waals surface area contributed by atoms with Crippen LogP contribution in [0.1, 0.15) is 11.6 Å². The Labute approximate surface area is 123 Å². The Morgan fingerprint density at radius 3 is 2.43 bits per heavy atom. The smallest absolute Gasteiger partial charge is 0.229 e. The van der Waals surface area contributed by atoms with Gasteiger partial charge in [-0.05, 0) is 17.7 Å². The van der Waals surface area contributed by atoms with Gasteiger partial charge >= 0.3 is 0 Å². The van der Waals surface area contributed by atoms with Crippen LogP contribution in [-0.4, -0.2) is 30.3 Å². The van der Waals surface area contributed by atoms with Crippen molar-refractivity contribution in [2.24, 2.45) is 4.99 Å². The first-order valence-electron chi connectivity index (χ1n) is 6.95. The molecule has 21 heavy (non-hydrogen) atoms. The number of aliphatic hydroxyl groups is 1. The van der Waals surface area contributed by atoms with Gasteiger partial charge in [0.05, 0.1) is 6.61 Å². The molecule has 0 fully saturated rings. The molecule has 1 N–H and O–H groups in total. The number of nitrogens with zero attached hydrogens (tertiary/aromatic N) is 1. The summed E-state index contributed by atoms with van der Waals surface area (Å²) in [5, 5.41) is 9.52. The van der Waals surface area contributed by atoms with Crippen LogP contribution in [0, 0.1) is 0 Å². The third kappa shape index (κ3) is 3.23. The Kier molecular flexibility index (Phi) is 4.17. The molecule has 2 aromatic carbocycles. The average molecular weight is 283 g/mol. The molecule has 0 aromatic heterocycles. The Hall–Kier alpha value is -2.33. The molecule has 0 saturated heterocycles. The molecule has 0 amide bonds. The maximum absolute atomic E-state index is 9.52. The van der Waals surface area contributed by atoms with E-state index in [1.54, 1.807) is 0 Å². The molecule has 0 saturated carbocycles. The van der Waals surface area contributed by atoms with E-state index >= 15 is 0 Å². The van der Waals surface area contributed by atoms with Crippen LogP contribution in [0.5, 0.6) is 5.75 Å². The first-order valence-corrected chi connectivity index (χ1v) is 6.95. The van der Waals surface area contributed by atoms with Crippen LogP contribution < -0.4 is 4.74 Å². The molecular weight excluding hydrogens is 266 g/mol. The second-order valence-corrected chi connectivity index (χ2v) is 4.81. The lowest BCUT2D eigenvalue weighted by molar-refractivity contribution is 0.140. The van der Waals surface area contributed by atoms with Gasteiger partial charge in [0, 0.05) is 0 Å². The van der Waals surface area contributed by atoms with Crippen molar-refractivity contribution in [3.8, 4) is 5.75 Å². The van der Waals surface area contributed by atoms with Crippen LogP contribution in [0.15, 0.2) is 65.7 Å². The van der Waals surface area contributed by atoms with E-state index in [2.05, 4.69) is 4.99 Å². The first kappa shape index (κ1) is 13.6. The van der Waals surface area contributed by atoms with E-state index in [1.165, 1.54) is 0 Å². The number of ether oxygens (including phenoxy) is 2. The van der Waals surface area contributed by atoms with Crippen molar-refractivity contribution in [1.82, 2.24) is 0 Å². The number of hydrogen-bond donors (Lipinski definition) is 1. The topological polar surface area (TPSA) is 51.0 Å². The summed E-state index contributed by atoms with van der Waals surface area (Å²) in [7, 11) is 0. The van der Waals surface area contributed by atoms with Gasteiger partial charge in [-0.3, -0.25) is 0 Å². The number of para-hydroxylation sites is 1. The molecule has 1 heterocycles. The molecule has 1 aliphatic rings. The van der Waals surface area contributed by atoms with Gasteiger partial charge in [0.15, 0.2) is 6.10 Å². The van der Waals surface area contributed by atoms with Gasteiger partial charge in [0.2, 0.25) is 5.90 Å². The molecule has 0 bridgehead atoms. The zero-order valence-electron chi connectivity index (χ0n) is 11.6. The highest BCUT2D eigenvalue weighted by atomic mass is 16.6. The molecule has 3 rings (SSSR count). The third-order valence-corrected chi connectivity index (χ3v) is 3.32. The molecular formula is C17H17NO3. The second kappa shape index (κ2) is 6.41. The van der Waals surface area contributed by atoms with Crippen molar-refractivity contribution >= 4 is 5.90 Å². The van der Waals surface area contributed by atoms with Crippen LogP contribution >= 0.6 is 0 Å². The maximum atomic E-state index is 9.52. The van der Waals surface area contributed by atoms with Crippen LogP contribution in [0.3, 0.4) is 0 Å². The summed E-state index contributed by atoms with van der Waals surface area (Å²) in [6, 6.07) is 19.3. The largest absolute Gasteiger partial charge is 0.478 e. The molecule has 2 atom stereocenters. The third-order valence-electron chi connectivity index (χ3n) is 3.32. The summed E-state index contributed by atoms with van der Waals surface area (Å²) in [6.45, 7) is 0.309. The molecule has 4 nitrogen and oxygen atoms in total. The Balaban J connectivity index is 1.73. The maximum Gasteiger partial charge on any atom is 0.229 e. The molecule has 0 spiro atoms. The van der Waals surface area contributed by atoms with E-state index in [0.717, 1.165) is 5.56 Å². The second-order valence-electron chi connectivity index (χ2n) is 4.81. The van der Waals surface area contributed by atoms with Gasteiger partial charge in [0.25, 0.3) is 0 Å². The van der Waals surface area contributed by atoms with Gasteiger partial charge in [0.1, 0.15) is 18.4 Å². The van der Waals surface area contributed by atoms with Crippen molar-refractivity contribution in [3.05, 3.63) is 66.2 Å². The molecule has 1 unspecified atom stereocenters. The average Bonchev–Trinajstić information content (AvgIpc) is 3.04. The summed E-state index contributed by atoms with van der Waals surface area (Å²) >= 11 is 0. The molecule has 4 heteroatoms. The molecule has 0 radical (unpaired) electrons. The van der Waals surface area contributed by atoms with E-state index in [-0.39, 0.29) is 12.6 Å². The van der Waals surface area contributed by atoms with E-state index in [4.69, 9.17) is 9.47 Å². The normalized spacial score (nSPS) is 18.7. The summed E-state index contributed by atoms with van der Waals surface area (Å²) in [5.41, 5.74) is 1.10. The number of benzene rings is 2. The Morgan fingerprint density at radius 1 is 1.10 bits per heavy atom. The lowest BCUT2D eigenvalue weighted by Crippen LogP contribution is -2.31. The predicted molar refractivity (Wildman–Crippen MR) is 80.5 cm³/mol. The number of aliphatic hydroxyl groups excluding tert-OH is 1. The fraction of sp³-hybridized carbons (Fsp3) is 0.235. The van der Waals surface area contributed by atoms with Crippen molar-refractivity contribution in [1.29, 1.82) is 0 Å². The quantitative estimate of drug-likeness (QED) is 0.917. The SMILES string of the molecule is OCC(Oc1ccccc1)C1=N[C@@H](c2ccccc2)CO1. The van der Waals surface area contributed by atoms with Crippen LogP contribution in [-0.2, 0) is 4.74 Å². The van der Waals surface area contributed by atoms with Crippen LogP contribution in [0.25, 0.3) is 0 Å². The number of rotatable bonds is 5. The Morgan fingerprint density at radius 2 is 1.76 bits per heavy atom. The van der Waals surface area contributed by atoms with Gasteiger partial charge < -0.3 is 14.6 Å². The van der Waals surface area contributed by atoms with E-state index < -0.39 is 6.10 Å². The highest BCUT2D eigenvalue weighted by molar-refractivity contribution is 5.83. The van der Waals surface area contributed by atoms with Crippen molar-refractivity contribution < 1.29 is 14.6 Å². The van der Waals surface area contributed by atoms with Gasteiger partial charge in [-0.1, -0.05) is 48.5 Å². The lowest BCUT2D eigenvalue weighted by atomic mass is 10.1. The minimum atomic E-state index is -0.568. The minimum absolute atomic E-state index is 0.0328. The van der Waals surface area contributed by atoms with Gasteiger partial charge in [-0.2, -0.15) is 0 Å². The van der Waals surface area contributed by atoms with Crippen molar-refractivity contribution in [3.63, 3.8) is 0 Å². The standard InChI is InChI=1S/C17H17NO3/c19-11-16(21-14-9-5-2-6-10-14)17-18-15(12-20-17)13-7-3-1-4-8-13/h1-10,15-16,19H,11-12H2/t15-,16?/m1/s1. The van der Waals surface area contributed by atoms with E-state index in [9.17, 15) is 5.11 Å². The first-order chi connectivity index (χ1) is 10.4. The lowest BCUT2D eigenvalue weighted by Gasteiger charge is -2.15. The Bertz CT molecular complexity index is 598. The molecule has 2 aromatic rings. The fourth-order valence-corrected chi connectivity index (χ4v) is 2.24. The number of hydrogen-bond acceptors (Lipinski definition) is 4. The molecule has 0 aliphatic carbocycles. The molecule has 108 valence electrons. The number of aliphatic imine (C=N–C) groups is 1. The zero-order chi connectivity index (χ0) is 14.5. The summed E-state index contributed by atoms with van der Waals surface area (Å²) < 4.78 is 11.3. The highest BCUT2D eigenvalue weighted by Gasteiger charge is 2.27. The summed E-state index contributed by atoms with van der Waals surface area (Å²) in [4.78, 5) is 4.54. The van der Waals surface area contributed by atoms with Gasteiger partial charge in [-0.15, -0.1) is 0 Å². The van der Waals surface area contributed by atoms with E-state index in [0.29, 0.717) is 18.3 Å². The predicted octanol–water partition coefficient (Wildman–Crippen LogP) is 2.60. The molecule has 1 aliphatic heterocycles. The summed E-state index contributed by atoms with van der Waals surface area (Å²) in [5.74, 6) is 1.14. The fourth-order valence-electron chi connectivity index (χ4n) is 2.24. The van der Waals surface area contributed by atoms with Crippen molar-refractivity contribution in [2.45, 2.75) is 12.1 Å². The monoisotopic (exact) mass is 283 g/mol. The highest BCUT2D eigenvalue weighted by Crippen LogP contribution is 2.24. The summed E-state index contributed by atoms with van der Waals surface area (Å²) in [6.07, 6.45) is -0.568.